The first-order chi connectivity index (χ1) is 7.83. The standard InChI is InChI=1S/C11H22N2O.C2H6/c1-2-12-11(14)8-9-13-10-6-4-3-5-7-10;1-2/h10,13H,2-9H2,1H3,(H,12,14);1-2H3. The largest absolute Gasteiger partial charge is 0.356 e. The molecule has 1 saturated carbocycles. The molecular weight excluding hydrogens is 200 g/mol. The van der Waals surface area contributed by atoms with Crippen LogP contribution in [0.5, 0.6) is 0 Å². The predicted molar refractivity (Wildman–Crippen MR) is 69.5 cm³/mol. The fraction of sp³-hybridized carbons (Fsp3) is 0.923. The summed E-state index contributed by atoms with van der Waals surface area (Å²) in [5.74, 6) is 0.163. The highest BCUT2D eigenvalue weighted by Crippen LogP contribution is 2.16. The molecule has 1 aliphatic carbocycles. The summed E-state index contributed by atoms with van der Waals surface area (Å²) < 4.78 is 0. The van der Waals surface area contributed by atoms with E-state index < -0.39 is 0 Å². The van der Waals surface area contributed by atoms with E-state index in [4.69, 9.17) is 0 Å². The molecule has 3 heteroatoms. The maximum absolute atomic E-state index is 11.1. The van der Waals surface area contributed by atoms with E-state index in [1.165, 1.54) is 32.1 Å². The summed E-state index contributed by atoms with van der Waals surface area (Å²) in [4.78, 5) is 11.1. The van der Waals surface area contributed by atoms with E-state index >= 15 is 0 Å². The van der Waals surface area contributed by atoms with E-state index in [0.717, 1.165) is 13.1 Å². The lowest BCUT2D eigenvalue weighted by atomic mass is 9.95. The van der Waals surface area contributed by atoms with E-state index in [1.54, 1.807) is 0 Å². The van der Waals surface area contributed by atoms with Crippen LogP contribution in [0.3, 0.4) is 0 Å². The van der Waals surface area contributed by atoms with Gasteiger partial charge in [-0.15, -0.1) is 0 Å². The van der Waals surface area contributed by atoms with Gasteiger partial charge in [0.15, 0.2) is 0 Å². The van der Waals surface area contributed by atoms with Crippen molar-refractivity contribution in [2.24, 2.45) is 0 Å². The van der Waals surface area contributed by atoms with Crippen molar-refractivity contribution in [3.05, 3.63) is 0 Å². The second-order valence-electron chi connectivity index (χ2n) is 3.99. The average molecular weight is 228 g/mol. The normalized spacial score (nSPS) is 16.2. The Hall–Kier alpha value is -0.570. The van der Waals surface area contributed by atoms with Crippen LogP contribution in [0.4, 0.5) is 0 Å². The van der Waals surface area contributed by atoms with Crippen LogP contribution in [0.25, 0.3) is 0 Å². The molecule has 0 aromatic rings. The third-order valence-electron chi connectivity index (χ3n) is 2.76. The molecule has 0 radical (unpaired) electrons. The molecule has 1 aliphatic rings. The maximum atomic E-state index is 11.1. The topological polar surface area (TPSA) is 41.1 Å². The van der Waals surface area contributed by atoms with Gasteiger partial charge in [0.25, 0.3) is 0 Å². The van der Waals surface area contributed by atoms with Crippen molar-refractivity contribution in [2.75, 3.05) is 13.1 Å². The monoisotopic (exact) mass is 228 g/mol. The quantitative estimate of drug-likeness (QED) is 0.759. The SMILES string of the molecule is CC.CCNC(=O)CCNC1CCCCC1. The van der Waals surface area contributed by atoms with Gasteiger partial charge in [0.2, 0.25) is 5.91 Å². The van der Waals surface area contributed by atoms with Crippen molar-refractivity contribution in [3.8, 4) is 0 Å². The van der Waals surface area contributed by atoms with Crippen LogP contribution in [0.2, 0.25) is 0 Å². The predicted octanol–water partition coefficient (Wildman–Crippen LogP) is 2.46. The van der Waals surface area contributed by atoms with E-state index in [-0.39, 0.29) is 5.91 Å². The van der Waals surface area contributed by atoms with Gasteiger partial charge in [-0.25, -0.2) is 0 Å². The molecule has 0 aromatic carbocycles. The second kappa shape index (κ2) is 10.9. The molecule has 0 aliphatic heterocycles. The molecule has 2 N–H and O–H groups in total. The Bertz CT molecular complexity index is 165. The highest BCUT2D eigenvalue weighted by molar-refractivity contribution is 5.75. The van der Waals surface area contributed by atoms with Crippen LogP contribution >= 0.6 is 0 Å². The molecule has 1 rings (SSSR count). The molecule has 3 nitrogen and oxygen atoms in total. The van der Waals surface area contributed by atoms with E-state index in [2.05, 4.69) is 10.6 Å². The van der Waals surface area contributed by atoms with Crippen molar-refractivity contribution < 1.29 is 4.79 Å². The third kappa shape index (κ3) is 7.69. The molecule has 1 amide bonds. The summed E-state index contributed by atoms with van der Waals surface area (Å²) in [6.07, 6.45) is 7.27. The highest BCUT2D eigenvalue weighted by atomic mass is 16.1. The van der Waals surface area contributed by atoms with Gasteiger partial charge in [0.1, 0.15) is 0 Å². The fourth-order valence-electron chi connectivity index (χ4n) is 1.98. The minimum absolute atomic E-state index is 0.163. The van der Waals surface area contributed by atoms with Crippen molar-refractivity contribution in [3.63, 3.8) is 0 Å². The van der Waals surface area contributed by atoms with Crippen LogP contribution in [-0.2, 0) is 4.79 Å². The second-order valence-corrected chi connectivity index (χ2v) is 3.99. The smallest absolute Gasteiger partial charge is 0.221 e. The molecule has 0 unspecified atom stereocenters. The van der Waals surface area contributed by atoms with E-state index in [9.17, 15) is 4.79 Å². The number of rotatable bonds is 5. The number of nitrogens with one attached hydrogen (secondary N) is 2. The van der Waals surface area contributed by atoms with E-state index in [0.29, 0.717) is 12.5 Å². The Labute approximate surface area is 100 Å². The van der Waals surface area contributed by atoms with Crippen LogP contribution in [-0.4, -0.2) is 25.0 Å². The Balaban J connectivity index is 0.00000106. The zero-order chi connectivity index (χ0) is 12.2. The molecule has 0 aromatic heterocycles. The molecule has 16 heavy (non-hydrogen) atoms. The molecule has 0 atom stereocenters. The van der Waals surface area contributed by atoms with Gasteiger partial charge in [-0.2, -0.15) is 0 Å². The third-order valence-corrected chi connectivity index (χ3v) is 2.76. The first-order valence-corrected chi connectivity index (χ1v) is 6.83. The van der Waals surface area contributed by atoms with Gasteiger partial charge in [-0.3, -0.25) is 4.79 Å². The lowest BCUT2D eigenvalue weighted by Crippen LogP contribution is -2.34. The molecule has 0 saturated heterocycles. The summed E-state index contributed by atoms with van der Waals surface area (Å²) in [7, 11) is 0. The maximum Gasteiger partial charge on any atom is 0.221 e. The van der Waals surface area contributed by atoms with Crippen molar-refractivity contribution in [1.82, 2.24) is 10.6 Å². The fourth-order valence-corrected chi connectivity index (χ4v) is 1.98. The Morgan fingerprint density at radius 3 is 2.38 bits per heavy atom. The summed E-state index contributed by atoms with van der Waals surface area (Å²) in [6, 6.07) is 0.665. The number of amides is 1. The average Bonchev–Trinajstić information content (AvgIpc) is 2.33. The van der Waals surface area contributed by atoms with Gasteiger partial charge in [-0.05, 0) is 19.8 Å². The van der Waals surface area contributed by atoms with Crippen LogP contribution < -0.4 is 10.6 Å². The highest BCUT2D eigenvalue weighted by Gasteiger charge is 2.12. The van der Waals surface area contributed by atoms with E-state index in [1.807, 2.05) is 20.8 Å². The van der Waals surface area contributed by atoms with Crippen LogP contribution in [0.1, 0.15) is 59.3 Å². The number of carbonyl (C=O) groups excluding carboxylic acids is 1. The Morgan fingerprint density at radius 2 is 1.81 bits per heavy atom. The molecule has 96 valence electrons. The van der Waals surface area contributed by atoms with Gasteiger partial charge in [0.05, 0.1) is 0 Å². The van der Waals surface area contributed by atoms with Gasteiger partial charge in [-0.1, -0.05) is 33.1 Å². The summed E-state index contributed by atoms with van der Waals surface area (Å²) in [5.41, 5.74) is 0. The Kier molecular flexibility index (Phi) is 10.5. The molecule has 0 heterocycles. The molecule has 1 fully saturated rings. The van der Waals surface area contributed by atoms with Crippen LogP contribution in [0, 0.1) is 0 Å². The number of carbonyl (C=O) groups is 1. The van der Waals surface area contributed by atoms with Crippen LogP contribution in [0.15, 0.2) is 0 Å². The minimum atomic E-state index is 0.163. The molecule has 0 spiro atoms. The van der Waals surface area contributed by atoms with Gasteiger partial charge < -0.3 is 10.6 Å². The first-order valence-electron chi connectivity index (χ1n) is 6.83. The zero-order valence-electron chi connectivity index (χ0n) is 11.1. The lowest BCUT2D eigenvalue weighted by Gasteiger charge is -2.22. The lowest BCUT2D eigenvalue weighted by molar-refractivity contribution is -0.120. The minimum Gasteiger partial charge on any atom is -0.356 e. The molecular formula is C13H28N2O. The number of hydrogen-bond donors (Lipinski definition) is 2. The van der Waals surface area contributed by atoms with Gasteiger partial charge in [0, 0.05) is 25.6 Å². The number of hydrogen-bond acceptors (Lipinski definition) is 2. The zero-order valence-corrected chi connectivity index (χ0v) is 11.1. The summed E-state index contributed by atoms with van der Waals surface area (Å²) in [5, 5.41) is 6.25. The van der Waals surface area contributed by atoms with Gasteiger partial charge >= 0.3 is 0 Å². The first kappa shape index (κ1) is 15.4. The Morgan fingerprint density at radius 1 is 1.19 bits per heavy atom. The summed E-state index contributed by atoms with van der Waals surface area (Å²) >= 11 is 0. The van der Waals surface area contributed by atoms with Crippen molar-refractivity contribution in [1.29, 1.82) is 0 Å². The van der Waals surface area contributed by atoms with Crippen molar-refractivity contribution >= 4 is 5.91 Å². The van der Waals surface area contributed by atoms with Crippen molar-refractivity contribution in [2.45, 2.75) is 65.3 Å². The summed E-state index contributed by atoms with van der Waals surface area (Å²) in [6.45, 7) is 7.52. The molecule has 0 bridgehead atoms.